The maximum atomic E-state index is 14.4. The molecule has 3 heterocycles. The topological polar surface area (TPSA) is 38.4 Å². The van der Waals surface area contributed by atoms with E-state index in [0.29, 0.717) is 18.4 Å². The smallest absolute Gasteiger partial charge is 0.419 e. The first-order valence-corrected chi connectivity index (χ1v) is 9.05. The normalized spacial score (nSPS) is 15.6. The lowest BCUT2D eigenvalue weighted by molar-refractivity contribution is -0.139. The van der Waals surface area contributed by atoms with Crippen molar-refractivity contribution in [3.8, 4) is 11.3 Å². The largest absolute Gasteiger partial charge is 0.457 e. The number of rotatable bonds is 3. The van der Waals surface area contributed by atoms with Gasteiger partial charge in [-0.05, 0) is 60.9 Å². The van der Waals surface area contributed by atoms with Crippen molar-refractivity contribution in [1.82, 2.24) is 4.98 Å². The number of pyridine rings is 1. The van der Waals surface area contributed by atoms with E-state index in [0.717, 1.165) is 35.8 Å². The molecule has 30 heavy (non-hydrogen) atoms. The van der Waals surface area contributed by atoms with Crippen molar-refractivity contribution >= 4 is 11.8 Å². The van der Waals surface area contributed by atoms with Crippen LogP contribution in [0.2, 0.25) is 0 Å². The van der Waals surface area contributed by atoms with Gasteiger partial charge in [0.15, 0.2) is 0 Å². The quantitative estimate of drug-likeness (QED) is 0.440. The molecule has 1 aliphatic rings. The third kappa shape index (κ3) is 4.35. The summed E-state index contributed by atoms with van der Waals surface area (Å²) in [6, 6.07) is 9.96. The van der Waals surface area contributed by atoms with Crippen molar-refractivity contribution < 1.29 is 22.0 Å². The highest BCUT2D eigenvalue weighted by atomic mass is 19.4. The number of furan rings is 1. The van der Waals surface area contributed by atoms with Gasteiger partial charge in [-0.25, -0.2) is 4.39 Å². The van der Waals surface area contributed by atoms with Crippen molar-refractivity contribution in [2.24, 2.45) is 4.99 Å². The fraction of sp³-hybridized carbons (Fsp3) is 0.217. The number of halogens is 4. The molecule has 7 heteroatoms. The second kappa shape index (κ2) is 8.65. The Kier molecular flexibility index (Phi) is 6.20. The molecule has 0 radical (unpaired) electrons. The van der Waals surface area contributed by atoms with Crippen LogP contribution in [0.25, 0.3) is 17.4 Å². The molecular formula is C23H20F4N2O. The zero-order valence-corrected chi connectivity index (χ0v) is 15.2. The summed E-state index contributed by atoms with van der Waals surface area (Å²) in [5, 5.41) is 0. The van der Waals surface area contributed by atoms with Crippen LogP contribution in [0.4, 0.5) is 17.6 Å². The van der Waals surface area contributed by atoms with Crippen molar-refractivity contribution in [3.05, 3.63) is 83.1 Å². The summed E-state index contributed by atoms with van der Waals surface area (Å²) in [5.74, 6) is -0.884. The molecule has 2 aromatic heterocycles. The second-order valence-corrected chi connectivity index (χ2v) is 6.61. The maximum Gasteiger partial charge on any atom is 0.419 e. The minimum absolute atomic E-state index is 0. The van der Waals surface area contributed by atoms with Gasteiger partial charge in [-0.2, -0.15) is 13.2 Å². The lowest BCUT2D eigenvalue weighted by Crippen LogP contribution is -2.11. The predicted octanol–water partition coefficient (Wildman–Crippen LogP) is 6.80. The lowest BCUT2D eigenvalue weighted by atomic mass is 9.96. The first kappa shape index (κ1) is 21.5. The fourth-order valence-electron chi connectivity index (χ4n) is 3.29. The van der Waals surface area contributed by atoms with Crippen molar-refractivity contribution in [3.63, 3.8) is 0 Å². The number of hydrogen-bond donors (Lipinski definition) is 0. The van der Waals surface area contributed by atoms with E-state index in [-0.39, 0.29) is 18.8 Å². The molecule has 0 N–H and O–H groups in total. The highest BCUT2D eigenvalue weighted by Crippen LogP contribution is 2.36. The Morgan fingerprint density at radius 1 is 1.03 bits per heavy atom. The highest BCUT2D eigenvalue weighted by molar-refractivity contribution is 6.15. The second-order valence-electron chi connectivity index (χ2n) is 6.61. The summed E-state index contributed by atoms with van der Waals surface area (Å²) in [6.07, 6.45) is 2.09. The molecule has 0 saturated heterocycles. The summed E-state index contributed by atoms with van der Waals surface area (Å²) >= 11 is 0. The first-order valence-electron chi connectivity index (χ1n) is 9.05. The Balaban J connectivity index is 0.00000256. The van der Waals surface area contributed by atoms with Crippen LogP contribution in [0.5, 0.6) is 0 Å². The first-order chi connectivity index (χ1) is 13.9. The van der Waals surface area contributed by atoms with Gasteiger partial charge in [-0.15, -0.1) is 0 Å². The van der Waals surface area contributed by atoms with E-state index in [4.69, 9.17) is 4.42 Å². The van der Waals surface area contributed by atoms with E-state index in [1.807, 2.05) is 12.1 Å². The van der Waals surface area contributed by atoms with Crippen LogP contribution in [0, 0.1) is 5.82 Å². The van der Waals surface area contributed by atoms with Gasteiger partial charge in [-0.3, -0.25) is 9.98 Å². The molecule has 1 aliphatic heterocycles. The number of allylic oxidation sites excluding steroid dienone is 1. The van der Waals surface area contributed by atoms with Crippen LogP contribution in [0.1, 0.15) is 37.2 Å². The van der Waals surface area contributed by atoms with Gasteiger partial charge in [-0.1, -0.05) is 13.5 Å². The van der Waals surface area contributed by atoms with Gasteiger partial charge in [0.05, 0.1) is 16.8 Å². The molecule has 4 rings (SSSR count). The van der Waals surface area contributed by atoms with E-state index in [1.54, 1.807) is 24.5 Å². The summed E-state index contributed by atoms with van der Waals surface area (Å²) in [7, 11) is 0. The van der Waals surface area contributed by atoms with Gasteiger partial charge in [0.25, 0.3) is 0 Å². The molecule has 0 atom stereocenters. The number of aromatic nitrogens is 1. The Hall–Kier alpha value is -3.22. The van der Waals surface area contributed by atoms with Crippen LogP contribution in [0.15, 0.2) is 69.8 Å². The zero-order valence-electron chi connectivity index (χ0n) is 15.2. The molecule has 0 aliphatic carbocycles. The van der Waals surface area contributed by atoms with Gasteiger partial charge >= 0.3 is 6.18 Å². The highest BCUT2D eigenvalue weighted by Gasteiger charge is 2.35. The minimum atomic E-state index is -4.77. The number of benzene rings is 1. The maximum absolute atomic E-state index is 14.4. The monoisotopic (exact) mass is 416 g/mol. The van der Waals surface area contributed by atoms with Crippen molar-refractivity contribution in [2.45, 2.75) is 26.4 Å². The molecule has 3 aromatic rings. The molecule has 0 unspecified atom stereocenters. The van der Waals surface area contributed by atoms with Crippen molar-refractivity contribution in [2.75, 3.05) is 6.54 Å². The third-order valence-corrected chi connectivity index (χ3v) is 4.63. The molecule has 0 fully saturated rings. The van der Waals surface area contributed by atoms with Crippen LogP contribution in [-0.2, 0) is 6.18 Å². The lowest BCUT2D eigenvalue weighted by Gasteiger charge is -2.15. The number of nitrogens with zero attached hydrogens (tertiary/aromatic N) is 2. The van der Waals surface area contributed by atoms with E-state index < -0.39 is 17.6 Å². The average molecular weight is 416 g/mol. The summed E-state index contributed by atoms with van der Waals surface area (Å²) in [6.45, 7) is 0.709. The Labute approximate surface area is 171 Å². The van der Waals surface area contributed by atoms with Crippen LogP contribution in [-0.4, -0.2) is 17.2 Å². The summed E-state index contributed by atoms with van der Waals surface area (Å²) in [4.78, 5) is 8.69. The molecule has 0 bridgehead atoms. The molecule has 0 saturated carbocycles. The minimum Gasteiger partial charge on any atom is -0.457 e. The average Bonchev–Trinajstić information content (AvgIpc) is 3.16. The number of hydrogen-bond acceptors (Lipinski definition) is 3. The number of aliphatic imine (C=N–C) groups is 1. The van der Waals surface area contributed by atoms with Gasteiger partial charge in [0.1, 0.15) is 17.3 Å². The Bertz CT molecular complexity index is 1080. The van der Waals surface area contributed by atoms with E-state index in [9.17, 15) is 17.6 Å². The molecule has 0 amide bonds. The number of alkyl halides is 3. The van der Waals surface area contributed by atoms with Crippen LogP contribution < -0.4 is 0 Å². The SMILES string of the molecule is C.Fc1c(-c2ccc(/C=C3\CCCN=C3c3cccnc3)o2)cccc1C(F)(F)F. The molecule has 3 nitrogen and oxygen atoms in total. The molecule has 0 spiro atoms. The molecular weight excluding hydrogens is 396 g/mol. The standard InChI is InChI=1S/C22H16F4N2O.CH4/c23-20-17(6-1-7-18(20)22(24,25)26)19-9-8-16(29-19)12-14-4-3-11-28-21(14)15-5-2-10-27-13-15;/h1-2,5-10,12-13H,3-4,11H2;1H4/b14-12+;. The van der Waals surface area contributed by atoms with Crippen LogP contribution in [0.3, 0.4) is 0 Å². The van der Waals surface area contributed by atoms with E-state index in [2.05, 4.69) is 9.98 Å². The third-order valence-electron chi connectivity index (χ3n) is 4.63. The van der Waals surface area contributed by atoms with Crippen LogP contribution >= 0.6 is 0 Å². The van der Waals surface area contributed by atoms with Gasteiger partial charge in [0.2, 0.25) is 0 Å². The Morgan fingerprint density at radius 3 is 2.60 bits per heavy atom. The van der Waals surface area contributed by atoms with E-state index >= 15 is 0 Å². The summed E-state index contributed by atoms with van der Waals surface area (Å²) in [5.41, 5.74) is 1.09. The zero-order chi connectivity index (χ0) is 20.4. The molecule has 156 valence electrons. The molecule has 1 aromatic carbocycles. The predicted molar refractivity (Wildman–Crippen MR) is 109 cm³/mol. The van der Waals surface area contributed by atoms with Gasteiger partial charge < -0.3 is 4.42 Å². The van der Waals surface area contributed by atoms with E-state index in [1.165, 1.54) is 12.1 Å². The fourth-order valence-corrected chi connectivity index (χ4v) is 3.29. The Morgan fingerprint density at radius 2 is 1.87 bits per heavy atom. The van der Waals surface area contributed by atoms with Crippen molar-refractivity contribution in [1.29, 1.82) is 0 Å². The summed E-state index contributed by atoms with van der Waals surface area (Å²) < 4.78 is 58.9. The van der Waals surface area contributed by atoms with Gasteiger partial charge in [0, 0.05) is 24.5 Å².